The minimum Gasteiger partial charge on any atom is -0.480 e. The van der Waals surface area contributed by atoms with E-state index in [1.54, 1.807) is 6.20 Å². The Labute approximate surface area is 245 Å². The summed E-state index contributed by atoms with van der Waals surface area (Å²) in [6, 6.07) is 13.3. The highest BCUT2D eigenvalue weighted by molar-refractivity contribution is 14.1. The van der Waals surface area contributed by atoms with Crippen molar-refractivity contribution in [3.63, 3.8) is 0 Å². The third kappa shape index (κ3) is 5.81. The highest BCUT2D eigenvalue weighted by atomic mass is 127. The molecule has 0 bridgehead atoms. The summed E-state index contributed by atoms with van der Waals surface area (Å²) in [6.07, 6.45) is 1.70. The smallest absolute Gasteiger partial charge is 0.323 e. The van der Waals surface area contributed by atoms with Gasteiger partial charge in [0.2, 0.25) is 5.95 Å². The van der Waals surface area contributed by atoms with E-state index in [2.05, 4.69) is 71.1 Å². The number of hydrogen-bond donors (Lipinski definition) is 4. The average Bonchev–Trinajstić information content (AvgIpc) is 3.39. The number of aliphatic carboxylic acids is 1. The number of anilines is 3. The van der Waals surface area contributed by atoms with E-state index in [9.17, 15) is 9.59 Å². The number of halogens is 2. The minimum absolute atomic E-state index is 0.281. The van der Waals surface area contributed by atoms with E-state index in [4.69, 9.17) is 14.8 Å². The van der Waals surface area contributed by atoms with Crippen LogP contribution in [0.4, 0.5) is 22.2 Å². The first-order chi connectivity index (χ1) is 18.4. The fourth-order valence-electron chi connectivity index (χ4n) is 4.22. The van der Waals surface area contributed by atoms with Gasteiger partial charge in [-0.3, -0.25) is 10.1 Å². The van der Waals surface area contributed by atoms with Gasteiger partial charge in [0.1, 0.15) is 12.4 Å². The number of carboxylic acids is 1. The fourth-order valence-corrected chi connectivity index (χ4v) is 5.49. The predicted molar refractivity (Wildman–Crippen MR) is 161 cm³/mol. The number of carbonyl (C=O) groups is 2. The van der Waals surface area contributed by atoms with Crippen molar-refractivity contribution in [3.05, 3.63) is 70.9 Å². The standard InChI is InChI=1S/C26H22I2N6O4/c27-8-14-2-1-3-15(9-28)22(14)20-7-17-10-29-25(31-19-5-4-16-12-38-13-18(16)6-19)33-23(17)32-24(20)34-26(37)30-11-21(35)36/h1-7,10H,8-9,11-13H2,(H,35,36)(H3,29,30,31,32,33,34,37). The number of aromatic nitrogens is 3. The topological polar surface area (TPSA) is 138 Å². The lowest BCUT2D eigenvalue weighted by Gasteiger charge is -2.17. The Kier molecular flexibility index (Phi) is 8.18. The molecule has 0 unspecified atom stereocenters. The molecule has 5 rings (SSSR count). The number of hydrogen-bond acceptors (Lipinski definition) is 7. The number of carboxylic acid groups (broad SMARTS) is 1. The molecule has 0 aliphatic carbocycles. The van der Waals surface area contributed by atoms with Crippen LogP contribution in [0.1, 0.15) is 22.3 Å². The first-order valence-corrected chi connectivity index (χ1v) is 14.6. The molecule has 0 atom stereocenters. The Morgan fingerprint density at radius 3 is 2.50 bits per heavy atom. The van der Waals surface area contributed by atoms with Crippen molar-refractivity contribution in [2.24, 2.45) is 0 Å². The van der Waals surface area contributed by atoms with Gasteiger partial charge in [-0.25, -0.2) is 14.8 Å². The van der Waals surface area contributed by atoms with Crippen LogP contribution in [0.5, 0.6) is 0 Å². The van der Waals surface area contributed by atoms with E-state index < -0.39 is 18.5 Å². The number of carbonyl (C=O) groups excluding carboxylic acids is 1. The van der Waals surface area contributed by atoms with Crippen LogP contribution < -0.4 is 16.0 Å². The lowest BCUT2D eigenvalue weighted by Crippen LogP contribution is -2.33. The highest BCUT2D eigenvalue weighted by Gasteiger charge is 2.19. The molecular weight excluding hydrogens is 714 g/mol. The number of nitrogens with zero attached hydrogens (tertiary/aromatic N) is 3. The maximum absolute atomic E-state index is 12.6. The van der Waals surface area contributed by atoms with Crippen molar-refractivity contribution in [3.8, 4) is 11.1 Å². The number of pyridine rings is 1. The molecule has 4 aromatic rings. The summed E-state index contributed by atoms with van der Waals surface area (Å²) in [5.74, 6) is -0.502. The van der Waals surface area contributed by atoms with Crippen LogP contribution >= 0.6 is 45.2 Å². The second kappa shape index (κ2) is 11.7. The molecule has 4 N–H and O–H groups in total. The zero-order valence-electron chi connectivity index (χ0n) is 19.9. The van der Waals surface area contributed by atoms with Crippen molar-refractivity contribution >= 4 is 85.7 Å². The summed E-state index contributed by atoms with van der Waals surface area (Å²) in [5, 5.41) is 17.9. The van der Waals surface area contributed by atoms with E-state index in [0.717, 1.165) is 36.8 Å². The van der Waals surface area contributed by atoms with Gasteiger partial charge in [-0.15, -0.1) is 0 Å². The van der Waals surface area contributed by atoms with Crippen molar-refractivity contribution in [1.29, 1.82) is 0 Å². The molecule has 38 heavy (non-hydrogen) atoms. The number of urea groups is 1. The monoisotopic (exact) mass is 736 g/mol. The van der Waals surface area contributed by atoms with Crippen LogP contribution in [0.3, 0.4) is 0 Å². The Morgan fingerprint density at radius 2 is 1.76 bits per heavy atom. The van der Waals surface area contributed by atoms with Crippen molar-refractivity contribution in [1.82, 2.24) is 20.3 Å². The second-order valence-electron chi connectivity index (χ2n) is 8.51. The van der Waals surface area contributed by atoms with Crippen LogP contribution in [0, 0.1) is 0 Å². The molecule has 0 radical (unpaired) electrons. The van der Waals surface area contributed by atoms with Gasteiger partial charge in [0.05, 0.1) is 13.2 Å². The van der Waals surface area contributed by atoms with Gasteiger partial charge in [-0.2, -0.15) is 4.98 Å². The van der Waals surface area contributed by atoms with Crippen LogP contribution in [-0.4, -0.2) is 38.6 Å². The van der Waals surface area contributed by atoms with E-state index in [1.807, 2.05) is 42.5 Å². The number of fused-ring (bicyclic) bond motifs is 2. The number of nitrogens with one attached hydrogen (secondary N) is 3. The van der Waals surface area contributed by atoms with Gasteiger partial charge < -0.3 is 20.5 Å². The molecule has 3 heterocycles. The number of rotatable bonds is 8. The van der Waals surface area contributed by atoms with Crippen LogP contribution in [0.15, 0.2) is 48.7 Å². The molecule has 2 amide bonds. The summed E-state index contributed by atoms with van der Waals surface area (Å²) in [7, 11) is 0. The quantitative estimate of drug-likeness (QED) is 0.137. The lowest BCUT2D eigenvalue weighted by molar-refractivity contribution is -0.135. The summed E-state index contributed by atoms with van der Waals surface area (Å²) < 4.78 is 7.00. The third-order valence-electron chi connectivity index (χ3n) is 5.97. The van der Waals surface area contributed by atoms with Gasteiger partial charge >= 0.3 is 12.0 Å². The molecule has 1 aliphatic heterocycles. The van der Waals surface area contributed by atoms with Gasteiger partial charge in [-0.1, -0.05) is 69.4 Å². The maximum Gasteiger partial charge on any atom is 0.323 e. The number of amides is 2. The van der Waals surface area contributed by atoms with Crippen LogP contribution in [0.2, 0.25) is 0 Å². The summed E-state index contributed by atoms with van der Waals surface area (Å²) in [4.78, 5) is 37.3. The first kappa shape index (κ1) is 26.5. The minimum atomic E-state index is -1.14. The number of alkyl halides is 2. The SMILES string of the molecule is O=C(O)CNC(=O)Nc1nc2nc(Nc3ccc4c(c3)COC4)ncc2cc1-c1c(CI)cccc1CI. The summed E-state index contributed by atoms with van der Waals surface area (Å²) in [5.41, 5.74) is 7.37. The van der Waals surface area contributed by atoms with E-state index in [1.165, 1.54) is 5.56 Å². The van der Waals surface area contributed by atoms with E-state index >= 15 is 0 Å². The van der Waals surface area contributed by atoms with Gasteiger partial charge in [0, 0.05) is 31.7 Å². The molecule has 194 valence electrons. The highest BCUT2D eigenvalue weighted by Crippen LogP contribution is 2.37. The Bertz CT molecular complexity index is 1530. The molecule has 2 aromatic carbocycles. The molecule has 0 saturated heterocycles. The van der Waals surface area contributed by atoms with Crippen LogP contribution in [0.25, 0.3) is 22.2 Å². The fraction of sp³-hybridized carbons (Fsp3) is 0.192. The van der Waals surface area contributed by atoms with E-state index in [0.29, 0.717) is 35.8 Å². The average molecular weight is 736 g/mol. The largest absolute Gasteiger partial charge is 0.480 e. The Hall–Kier alpha value is -3.11. The molecule has 1 aliphatic rings. The van der Waals surface area contributed by atoms with Gasteiger partial charge in [0.25, 0.3) is 0 Å². The van der Waals surface area contributed by atoms with Crippen molar-refractivity contribution in [2.75, 3.05) is 17.2 Å². The van der Waals surface area contributed by atoms with E-state index in [-0.39, 0.29) is 5.82 Å². The molecule has 0 saturated carbocycles. The Balaban J connectivity index is 1.56. The van der Waals surface area contributed by atoms with Crippen LogP contribution in [-0.2, 0) is 31.6 Å². The second-order valence-corrected chi connectivity index (χ2v) is 10.0. The van der Waals surface area contributed by atoms with Gasteiger partial charge in [-0.05, 0) is 46.0 Å². The first-order valence-electron chi connectivity index (χ1n) is 11.6. The van der Waals surface area contributed by atoms with Crippen molar-refractivity contribution < 1.29 is 19.4 Å². The third-order valence-corrected chi connectivity index (χ3v) is 7.62. The normalized spacial score (nSPS) is 12.3. The lowest BCUT2D eigenvalue weighted by atomic mass is 9.95. The Morgan fingerprint density at radius 1 is 1.00 bits per heavy atom. The zero-order valence-corrected chi connectivity index (χ0v) is 24.2. The summed E-state index contributed by atoms with van der Waals surface area (Å²) in [6.45, 7) is 0.676. The molecule has 2 aromatic heterocycles. The van der Waals surface area contributed by atoms with Crippen molar-refractivity contribution in [2.45, 2.75) is 22.1 Å². The summed E-state index contributed by atoms with van der Waals surface area (Å²) >= 11 is 4.62. The predicted octanol–water partition coefficient (Wildman–Crippen LogP) is 5.54. The molecular formula is C26H22I2N6O4. The number of ether oxygens (including phenoxy) is 1. The molecule has 10 nitrogen and oxygen atoms in total. The maximum atomic E-state index is 12.6. The molecule has 12 heteroatoms. The molecule has 0 fully saturated rings. The van der Waals surface area contributed by atoms with Gasteiger partial charge in [0.15, 0.2) is 5.65 Å². The number of benzene rings is 2. The molecule has 0 spiro atoms. The zero-order chi connectivity index (χ0) is 26.6.